The maximum atomic E-state index is 3.60. The Morgan fingerprint density at radius 2 is 1.53 bits per heavy atom. The topological polar surface area (TPSA) is 31.6 Å². The van der Waals surface area contributed by atoms with Crippen LogP contribution in [0.25, 0.3) is 0 Å². The van der Waals surface area contributed by atoms with Crippen LogP contribution in [-0.2, 0) is 16.0 Å². The predicted octanol–water partition coefficient (Wildman–Crippen LogP) is 7.38. The average Bonchev–Trinajstić information content (AvgIpc) is 3.52. The van der Waals surface area contributed by atoms with Crippen LogP contribution in [0.2, 0.25) is 0 Å². The van der Waals surface area contributed by atoms with Crippen molar-refractivity contribution >= 4 is 18.5 Å². The lowest BCUT2D eigenvalue weighted by atomic mass is 9.43. The molecule has 3 aromatic rings. The van der Waals surface area contributed by atoms with E-state index in [4.69, 9.17) is 0 Å². The number of aromatic amines is 2. The van der Waals surface area contributed by atoms with Crippen LogP contribution in [0.4, 0.5) is 0 Å². The fourth-order valence-electron chi connectivity index (χ4n) is 8.34. The van der Waals surface area contributed by atoms with Crippen LogP contribution in [0.15, 0.2) is 54.9 Å². The molecule has 2 N–H and O–H groups in total. The summed E-state index contributed by atoms with van der Waals surface area (Å²) in [6.45, 7) is 7.03. The standard InChI is InChI=1S/C30H40N2P2/c1-28(2,3)22-8-9-23(29-16-19-12-20(17-29)14-21(13-19)25(29)18-33)24(15-22)30(34,26-6-4-10-31-26)27-7-5-11-32-27/h4-11,15,19-21,25,31-32H,12-14,16-18,33-34H2,1-3H3. The van der Waals surface area contributed by atoms with Gasteiger partial charge in [-0.15, -0.1) is 18.5 Å². The number of aromatic nitrogens is 2. The van der Waals surface area contributed by atoms with Crippen molar-refractivity contribution in [1.29, 1.82) is 0 Å². The van der Waals surface area contributed by atoms with Gasteiger partial charge in [-0.1, -0.05) is 39.0 Å². The summed E-state index contributed by atoms with van der Waals surface area (Å²) >= 11 is 0. The van der Waals surface area contributed by atoms with Crippen molar-refractivity contribution in [3.63, 3.8) is 0 Å². The molecule has 0 saturated heterocycles. The minimum absolute atomic E-state index is 0.103. The molecule has 0 spiro atoms. The first-order chi connectivity index (χ1) is 16.3. The molecule has 2 aromatic heterocycles. The number of nitrogens with one attached hydrogen (secondary N) is 2. The van der Waals surface area contributed by atoms with Gasteiger partial charge in [0.1, 0.15) is 0 Å². The summed E-state index contributed by atoms with van der Waals surface area (Å²) < 4.78 is 0. The average molecular weight is 491 g/mol. The van der Waals surface area contributed by atoms with Crippen LogP contribution in [0.1, 0.15) is 81.0 Å². The van der Waals surface area contributed by atoms with Gasteiger partial charge in [0.15, 0.2) is 0 Å². The monoisotopic (exact) mass is 490 g/mol. The quantitative estimate of drug-likeness (QED) is 0.350. The molecule has 7 rings (SSSR count). The fraction of sp³-hybridized carbons (Fsp3) is 0.533. The Morgan fingerprint density at radius 1 is 0.912 bits per heavy atom. The second kappa shape index (κ2) is 8.08. The largest absolute Gasteiger partial charge is 0.364 e. The molecule has 2 nitrogen and oxygen atoms in total. The molecule has 4 heteroatoms. The van der Waals surface area contributed by atoms with Crippen LogP contribution in [0, 0.1) is 23.7 Å². The third-order valence-corrected chi connectivity index (χ3v) is 11.1. The lowest BCUT2D eigenvalue weighted by molar-refractivity contribution is -0.0522. The second-order valence-corrected chi connectivity index (χ2v) is 13.9. The molecule has 180 valence electrons. The van der Waals surface area contributed by atoms with E-state index in [1.54, 1.807) is 5.56 Å². The summed E-state index contributed by atoms with van der Waals surface area (Å²) in [7, 11) is 6.45. The molecule has 34 heavy (non-hydrogen) atoms. The molecule has 0 radical (unpaired) electrons. The SMILES string of the molecule is CC(C)(C)c1ccc(C23CC4CC(CC(C4)C2CP)C3)c(C(P)(c2ccc[nH]2)c2ccc[nH]2)c1. The first kappa shape index (κ1) is 23.1. The van der Waals surface area contributed by atoms with Crippen molar-refractivity contribution < 1.29 is 0 Å². The van der Waals surface area contributed by atoms with Crippen molar-refractivity contribution in [2.75, 3.05) is 6.16 Å². The number of hydrogen-bond donors (Lipinski definition) is 2. The zero-order valence-corrected chi connectivity index (χ0v) is 23.2. The molecular weight excluding hydrogens is 450 g/mol. The van der Waals surface area contributed by atoms with Crippen LogP contribution < -0.4 is 0 Å². The van der Waals surface area contributed by atoms with Crippen LogP contribution in [0.3, 0.4) is 0 Å². The lowest BCUT2D eigenvalue weighted by Gasteiger charge is -2.62. The summed E-state index contributed by atoms with van der Waals surface area (Å²) in [6.07, 6.45) is 12.5. The molecule has 5 atom stereocenters. The fourth-order valence-corrected chi connectivity index (χ4v) is 9.78. The first-order valence-electron chi connectivity index (χ1n) is 13.2. The van der Waals surface area contributed by atoms with Crippen LogP contribution in [-0.4, -0.2) is 16.1 Å². The maximum absolute atomic E-state index is 3.60. The third kappa shape index (κ3) is 3.35. The normalized spacial score (nSPS) is 30.7. The Labute approximate surface area is 209 Å². The molecule has 4 bridgehead atoms. The van der Waals surface area contributed by atoms with Gasteiger partial charge in [-0.3, -0.25) is 0 Å². The number of benzene rings is 1. The van der Waals surface area contributed by atoms with E-state index >= 15 is 0 Å². The molecule has 4 fully saturated rings. The molecule has 4 aliphatic rings. The zero-order chi connectivity index (χ0) is 23.7. The van der Waals surface area contributed by atoms with Gasteiger partial charge >= 0.3 is 0 Å². The van der Waals surface area contributed by atoms with Gasteiger partial charge in [-0.25, -0.2) is 0 Å². The van der Waals surface area contributed by atoms with E-state index in [2.05, 4.69) is 104 Å². The summed E-state index contributed by atoms with van der Waals surface area (Å²) in [5.74, 6) is 3.49. The van der Waals surface area contributed by atoms with Gasteiger partial charge in [0.05, 0.1) is 5.16 Å². The zero-order valence-electron chi connectivity index (χ0n) is 20.9. The number of H-pyrrole nitrogens is 2. The Bertz CT molecular complexity index is 1110. The molecule has 1 aromatic carbocycles. The summed E-state index contributed by atoms with van der Waals surface area (Å²) in [5.41, 5.74) is 7.38. The second-order valence-electron chi connectivity index (χ2n) is 12.6. The van der Waals surface area contributed by atoms with Crippen molar-refractivity contribution in [2.45, 2.75) is 68.9 Å². The van der Waals surface area contributed by atoms with Gasteiger partial charge in [0, 0.05) is 23.8 Å². The molecule has 5 unspecified atom stereocenters. The van der Waals surface area contributed by atoms with E-state index in [0.717, 1.165) is 23.7 Å². The highest BCUT2D eigenvalue weighted by molar-refractivity contribution is 7.19. The molecule has 0 aliphatic heterocycles. The Kier molecular flexibility index (Phi) is 5.48. The predicted molar refractivity (Wildman–Crippen MR) is 150 cm³/mol. The lowest BCUT2D eigenvalue weighted by Crippen LogP contribution is -2.56. The minimum atomic E-state index is -0.335. The molecule has 2 heterocycles. The number of rotatable bonds is 5. The van der Waals surface area contributed by atoms with Crippen molar-refractivity contribution in [3.05, 3.63) is 82.9 Å². The highest BCUT2D eigenvalue weighted by atomic mass is 31.0. The van der Waals surface area contributed by atoms with Crippen LogP contribution >= 0.6 is 18.5 Å². The third-order valence-electron chi connectivity index (χ3n) is 9.67. The van der Waals surface area contributed by atoms with Gasteiger partial charge in [-0.05, 0) is 114 Å². The Balaban J connectivity index is 1.63. The molecule has 4 aliphatic carbocycles. The van der Waals surface area contributed by atoms with Crippen molar-refractivity contribution in [2.24, 2.45) is 23.7 Å². The van der Waals surface area contributed by atoms with Gasteiger partial charge in [0.25, 0.3) is 0 Å². The molecule has 4 saturated carbocycles. The van der Waals surface area contributed by atoms with E-state index < -0.39 is 0 Å². The molecular formula is C30H40N2P2. The van der Waals surface area contributed by atoms with E-state index in [-0.39, 0.29) is 10.6 Å². The number of hydrogen-bond acceptors (Lipinski definition) is 0. The van der Waals surface area contributed by atoms with E-state index in [0.29, 0.717) is 5.41 Å². The Hall–Kier alpha value is -1.36. The summed E-state index contributed by atoms with van der Waals surface area (Å²) in [5, 5.41) is -0.335. The highest BCUT2D eigenvalue weighted by Gasteiger charge is 2.58. The van der Waals surface area contributed by atoms with Gasteiger partial charge in [-0.2, -0.15) is 0 Å². The van der Waals surface area contributed by atoms with Gasteiger partial charge in [0.2, 0.25) is 0 Å². The minimum Gasteiger partial charge on any atom is -0.364 e. The summed E-state index contributed by atoms with van der Waals surface area (Å²) in [4.78, 5) is 7.21. The van der Waals surface area contributed by atoms with E-state index in [1.165, 1.54) is 60.8 Å². The smallest absolute Gasteiger partial charge is 0.0891 e. The van der Waals surface area contributed by atoms with Crippen molar-refractivity contribution in [1.82, 2.24) is 9.97 Å². The highest BCUT2D eigenvalue weighted by Crippen LogP contribution is 2.65. The summed E-state index contributed by atoms with van der Waals surface area (Å²) in [6, 6.07) is 16.4. The first-order valence-corrected chi connectivity index (χ1v) is 14.6. The van der Waals surface area contributed by atoms with E-state index in [1.807, 2.05) is 0 Å². The van der Waals surface area contributed by atoms with Gasteiger partial charge < -0.3 is 9.97 Å². The van der Waals surface area contributed by atoms with Crippen LogP contribution in [0.5, 0.6) is 0 Å². The van der Waals surface area contributed by atoms with E-state index in [9.17, 15) is 0 Å². The Morgan fingerprint density at radius 3 is 2.03 bits per heavy atom. The molecule has 0 amide bonds. The van der Waals surface area contributed by atoms with Crippen molar-refractivity contribution in [3.8, 4) is 0 Å². The maximum Gasteiger partial charge on any atom is 0.0891 e.